The second-order valence-electron chi connectivity index (χ2n) is 9.25. The molecule has 1 amide bonds. The lowest BCUT2D eigenvalue weighted by atomic mass is 9.88. The third kappa shape index (κ3) is 5.18. The molecule has 170 valence electrons. The molecule has 1 aliphatic heterocycles. The lowest BCUT2D eigenvalue weighted by Gasteiger charge is -2.39. The fourth-order valence-electron chi connectivity index (χ4n) is 5.41. The molecule has 1 aliphatic carbocycles. The summed E-state index contributed by atoms with van der Waals surface area (Å²) in [4.78, 5) is 17.7. The fourth-order valence-corrected chi connectivity index (χ4v) is 5.41. The van der Waals surface area contributed by atoms with Crippen LogP contribution in [-0.4, -0.2) is 48.4 Å². The lowest BCUT2D eigenvalue weighted by molar-refractivity contribution is -0.123. The zero-order valence-corrected chi connectivity index (χ0v) is 19.2. The van der Waals surface area contributed by atoms with Gasteiger partial charge in [-0.05, 0) is 41.5 Å². The van der Waals surface area contributed by atoms with Gasteiger partial charge in [-0.3, -0.25) is 14.6 Å². The second-order valence-corrected chi connectivity index (χ2v) is 9.25. The zero-order valence-electron chi connectivity index (χ0n) is 19.2. The van der Waals surface area contributed by atoms with Crippen LogP contribution in [0.15, 0.2) is 84.9 Å². The van der Waals surface area contributed by atoms with E-state index >= 15 is 0 Å². The van der Waals surface area contributed by atoms with Crippen molar-refractivity contribution in [1.29, 1.82) is 0 Å². The molecule has 4 nitrogen and oxygen atoms in total. The lowest BCUT2D eigenvalue weighted by Crippen LogP contribution is -2.50. The highest BCUT2D eigenvalue weighted by atomic mass is 16.2. The Kier molecular flexibility index (Phi) is 6.84. The van der Waals surface area contributed by atoms with Gasteiger partial charge in [0.05, 0.1) is 18.6 Å². The van der Waals surface area contributed by atoms with Crippen LogP contribution in [0.25, 0.3) is 0 Å². The van der Waals surface area contributed by atoms with Gasteiger partial charge in [-0.15, -0.1) is 0 Å². The Hall–Kier alpha value is -2.95. The number of benzene rings is 3. The first-order valence-electron chi connectivity index (χ1n) is 12.2. The Morgan fingerprint density at radius 1 is 0.818 bits per heavy atom. The SMILES string of the molecule is O=C(CN1CCN(C(c2ccccc2)c2ccccc2)CC1)NC1CCCc2ccccc21. The largest absolute Gasteiger partial charge is 0.348 e. The molecule has 0 aromatic heterocycles. The maximum atomic E-state index is 12.9. The summed E-state index contributed by atoms with van der Waals surface area (Å²) in [5.74, 6) is 0.146. The summed E-state index contributed by atoms with van der Waals surface area (Å²) >= 11 is 0. The topological polar surface area (TPSA) is 35.6 Å². The van der Waals surface area contributed by atoms with Gasteiger partial charge in [0.1, 0.15) is 0 Å². The third-order valence-corrected chi connectivity index (χ3v) is 7.07. The molecule has 1 heterocycles. The molecule has 1 unspecified atom stereocenters. The molecule has 3 aromatic carbocycles. The first-order valence-corrected chi connectivity index (χ1v) is 12.2. The van der Waals surface area contributed by atoms with Gasteiger partial charge in [-0.25, -0.2) is 0 Å². The van der Waals surface area contributed by atoms with E-state index in [4.69, 9.17) is 0 Å². The Balaban J connectivity index is 1.20. The Morgan fingerprint density at radius 3 is 2.09 bits per heavy atom. The molecular formula is C29H33N3O. The van der Waals surface area contributed by atoms with Crippen molar-refractivity contribution in [2.45, 2.75) is 31.3 Å². The van der Waals surface area contributed by atoms with Crippen LogP contribution in [0.5, 0.6) is 0 Å². The minimum absolute atomic E-state index is 0.146. The monoisotopic (exact) mass is 439 g/mol. The summed E-state index contributed by atoms with van der Waals surface area (Å²) in [6, 6.07) is 30.5. The molecule has 1 fully saturated rings. The third-order valence-electron chi connectivity index (χ3n) is 7.07. The zero-order chi connectivity index (χ0) is 22.5. The molecule has 2 aliphatic rings. The predicted molar refractivity (Wildman–Crippen MR) is 133 cm³/mol. The number of aryl methyl sites for hydroxylation is 1. The molecule has 1 saturated heterocycles. The van der Waals surface area contributed by atoms with E-state index < -0.39 is 0 Å². The van der Waals surface area contributed by atoms with Crippen molar-refractivity contribution in [3.05, 3.63) is 107 Å². The summed E-state index contributed by atoms with van der Waals surface area (Å²) in [5.41, 5.74) is 5.34. The highest BCUT2D eigenvalue weighted by Crippen LogP contribution is 2.30. The van der Waals surface area contributed by atoms with Crippen LogP contribution in [0.3, 0.4) is 0 Å². The van der Waals surface area contributed by atoms with Gasteiger partial charge in [-0.2, -0.15) is 0 Å². The van der Waals surface area contributed by atoms with E-state index in [2.05, 4.69) is 100 Å². The summed E-state index contributed by atoms with van der Waals surface area (Å²) < 4.78 is 0. The van der Waals surface area contributed by atoms with Crippen LogP contribution in [0, 0.1) is 0 Å². The van der Waals surface area contributed by atoms with Gasteiger partial charge in [0, 0.05) is 26.2 Å². The van der Waals surface area contributed by atoms with Gasteiger partial charge in [0.15, 0.2) is 0 Å². The van der Waals surface area contributed by atoms with E-state index in [1.165, 1.54) is 22.3 Å². The van der Waals surface area contributed by atoms with E-state index in [1.807, 2.05) is 0 Å². The van der Waals surface area contributed by atoms with E-state index in [9.17, 15) is 4.79 Å². The summed E-state index contributed by atoms with van der Waals surface area (Å²) in [5, 5.41) is 3.31. The highest BCUT2D eigenvalue weighted by Gasteiger charge is 2.28. The molecule has 5 rings (SSSR count). The Labute approximate surface area is 197 Å². The normalized spacial score (nSPS) is 19.2. The average molecular weight is 440 g/mol. The smallest absolute Gasteiger partial charge is 0.234 e. The van der Waals surface area contributed by atoms with Gasteiger partial charge in [-0.1, -0.05) is 84.9 Å². The molecule has 0 spiro atoms. The summed E-state index contributed by atoms with van der Waals surface area (Å²) in [7, 11) is 0. The van der Waals surface area contributed by atoms with Crippen molar-refractivity contribution in [1.82, 2.24) is 15.1 Å². The van der Waals surface area contributed by atoms with Gasteiger partial charge in [0.2, 0.25) is 5.91 Å². The van der Waals surface area contributed by atoms with Crippen LogP contribution in [0.4, 0.5) is 0 Å². The van der Waals surface area contributed by atoms with Crippen LogP contribution in [0.2, 0.25) is 0 Å². The van der Waals surface area contributed by atoms with Crippen molar-refractivity contribution in [2.24, 2.45) is 0 Å². The highest BCUT2D eigenvalue weighted by molar-refractivity contribution is 5.78. The van der Waals surface area contributed by atoms with Gasteiger partial charge in [0.25, 0.3) is 0 Å². The second kappa shape index (κ2) is 10.3. The van der Waals surface area contributed by atoms with E-state index in [0.717, 1.165) is 45.4 Å². The molecule has 4 heteroatoms. The standard InChI is InChI=1S/C29H33N3O/c33-28(30-27-17-9-15-23-10-7-8-16-26(23)27)22-31-18-20-32(21-19-31)29(24-11-3-1-4-12-24)25-13-5-2-6-14-25/h1-8,10-14,16,27,29H,9,15,17-22H2,(H,30,33). The molecule has 0 saturated carbocycles. The van der Waals surface area contributed by atoms with Gasteiger partial charge >= 0.3 is 0 Å². The summed E-state index contributed by atoms with van der Waals surface area (Å²) in [6.45, 7) is 4.20. The molecule has 1 atom stereocenters. The van der Waals surface area contributed by atoms with E-state index in [0.29, 0.717) is 6.54 Å². The summed E-state index contributed by atoms with van der Waals surface area (Å²) in [6.07, 6.45) is 3.29. The Morgan fingerprint density at radius 2 is 1.42 bits per heavy atom. The molecule has 33 heavy (non-hydrogen) atoms. The number of carbonyl (C=O) groups is 1. The number of carbonyl (C=O) groups excluding carboxylic acids is 1. The maximum Gasteiger partial charge on any atom is 0.234 e. The number of rotatable bonds is 6. The quantitative estimate of drug-likeness (QED) is 0.610. The van der Waals surface area contributed by atoms with Crippen LogP contribution in [0.1, 0.15) is 47.2 Å². The number of piperazine rings is 1. The van der Waals surface area contributed by atoms with Crippen molar-refractivity contribution in [2.75, 3.05) is 32.7 Å². The van der Waals surface area contributed by atoms with Crippen LogP contribution in [-0.2, 0) is 11.2 Å². The van der Waals surface area contributed by atoms with Crippen molar-refractivity contribution >= 4 is 5.91 Å². The molecular weight excluding hydrogens is 406 g/mol. The number of amides is 1. The fraction of sp³-hybridized carbons (Fsp3) is 0.345. The first-order chi connectivity index (χ1) is 16.3. The minimum Gasteiger partial charge on any atom is -0.348 e. The minimum atomic E-state index is 0.146. The van der Waals surface area contributed by atoms with Crippen molar-refractivity contribution in [3.63, 3.8) is 0 Å². The van der Waals surface area contributed by atoms with Crippen LogP contribution >= 0.6 is 0 Å². The number of nitrogens with one attached hydrogen (secondary N) is 1. The molecule has 0 bridgehead atoms. The number of nitrogens with zero attached hydrogens (tertiary/aromatic N) is 2. The number of fused-ring (bicyclic) bond motifs is 1. The Bertz CT molecular complexity index is 1010. The van der Waals surface area contributed by atoms with Crippen molar-refractivity contribution in [3.8, 4) is 0 Å². The predicted octanol–water partition coefficient (Wildman–Crippen LogP) is 4.59. The van der Waals surface area contributed by atoms with Crippen molar-refractivity contribution < 1.29 is 4.79 Å². The number of hydrogen-bond donors (Lipinski definition) is 1. The molecule has 3 aromatic rings. The average Bonchev–Trinajstić information content (AvgIpc) is 2.87. The first kappa shape index (κ1) is 21.9. The molecule has 1 N–H and O–H groups in total. The van der Waals surface area contributed by atoms with Crippen LogP contribution < -0.4 is 5.32 Å². The maximum absolute atomic E-state index is 12.9. The van der Waals surface area contributed by atoms with E-state index in [-0.39, 0.29) is 18.0 Å². The van der Waals surface area contributed by atoms with Gasteiger partial charge < -0.3 is 5.32 Å². The number of hydrogen-bond acceptors (Lipinski definition) is 3. The molecule has 0 radical (unpaired) electrons. The van der Waals surface area contributed by atoms with E-state index in [1.54, 1.807) is 0 Å².